The quantitative estimate of drug-likeness (QED) is 0.579. The highest BCUT2D eigenvalue weighted by atomic mass is 35.5. The predicted octanol–water partition coefficient (Wildman–Crippen LogP) is 5.45. The second kappa shape index (κ2) is 7.85. The van der Waals surface area contributed by atoms with Crippen LogP contribution in [-0.2, 0) is 6.18 Å². The Morgan fingerprint density at radius 2 is 1.79 bits per heavy atom. The van der Waals surface area contributed by atoms with Gasteiger partial charge in [-0.1, -0.05) is 23.7 Å². The van der Waals surface area contributed by atoms with Crippen molar-refractivity contribution >= 4 is 23.4 Å². The number of carbonyl (C=O) groups excluding carboxylic acids is 1. The maximum Gasteiger partial charge on any atom is 0.419 e. The topological polar surface area (TPSA) is 55.3 Å². The predicted molar refractivity (Wildman–Crippen MR) is 98.3 cm³/mol. The Balaban J connectivity index is 1.80. The smallest absolute Gasteiger partial charge is 0.410 e. The Labute approximate surface area is 163 Å². The van der Waals surface area contributed by atoms with Crippen LogP contribution < -0.4 is 9.64 Å². The van der Waals surface area contributed by atoms with E-state index in [-0.39, 0.29) is 11.4 Å². The van der Waals surface area contributed by atoms with Crippen molar-refractivity contribution in [3.8, 4) is 16.9 Å². The highest BCUT2D eigenvalue weighted by Crippen LogP contribution is 2.37. The van der Waals surface area contributed by atoms with Crippen LogP contribution in [-0.4, -0.2) is 23.1 Å². The molecule has 1 aromatic heterocycles. The first-order valence-corrected chi connectivity index (χ1v) is 8.31. The monoisotopic (exact) mass is 407 g/mol. The molecule has 5 nitrogen and oxygen atoms in total. The number of benzene rings is 2. The standard InChI is InChI=1S/C19H13ClF3N3O2/c1-26(14-5-6-17(20)16(8-14)19(21,22)23)18(27)28-15-4-2-3-12(7-15)13-9-24-11-25-10-13/h2-11H,1H3. The SMILES string of the molecule is CN(C(=O)Oc1cccc(-c2cncnc2)c1)c1ccc(Cl)c(C(F)(F)F)c1. The van der Waals surface area contributed by atoms with Crippen LogP contribution >= 0.6 is 11.6 Å². The minimum Gasteiger partial charge on any atom is -0.410 e. The summed E-state index contributed by atoms with van der Waals surface area (Å²) in [5.74, 6) is 0.225. The zero-order valence-electron chi connectivity index (χ0n) is 14.4. The molecule has 3 aromatic rings. The minimum atomic E-state index is -4.63. The van der Waals surface area contributed by atoms with Crippen LogP contribution in [0.3, 0.4) is 0 Å². The van der Waals surface area contributed by atoms with Crippen molar-refractivity contribution in [2.45, 2.75) is 6.18 Å². The molecule has 3 rings (SSSR count). The van der Waals surface area contributed by atoms with Crippen molar-refractivity contribution in [1.29, 1.82) is 0 Å². The molecule has 0 unspecified atom stereocenters. The molecule has 1 heterocycles. The maximum absolute atomic E-state index is 13.0. The molecular formula is C19H13ClF3N3O2. The van der Waals surface area contributed by atoms with E-state index in [0.29, 0.717) is 0 Å². The van der Waals surface area contributed by atoms with Crippen LogP contribution in [0.4, 0.5) is 23.7 Å². The highest BCUT2D eigenvalue weighted by molar-refractivity contribution is 6.31. The van der Waals surface area contributed by atoms with E-state index in [4.69, 9.17) is 16.3 Å². The van der Waals surface area contributed by atoms with Gasteiger partial charge in [-0.2, -0.15) is 13.2 Å². The van der Waals surface area contributed by atoms with Gasteiger partial charge in [-0.15, -0.1) is 0 Å². The number of alkyl halides is 3. The third kappa shape index (κ3) is 4.40. The first kappa shape index (κ1) is 19.6. The second-order valence-corrected chi connectivity index (χ2v) is 6.15. The molecule has 0 spiro atoms. The lowest BCUT2D eigenvalue weighted by Crippen LogP contribution is -2.29. The summed E-state index contributed by atoms with van der Waals surface area (Å²) in [6.45, 7) is 0. The fraction of sp³-hybridized carbons (Fsp3) is 0.105. The number of nitrogens with zero attached hydrogens (tertiary/aromatic N) is 3. The van der Waals surface area contributed by atoms with E-state index in [2.05, 4.69) is 9.97 Å². The Kier molecular flexibility index (Phi) is 5.51. The van der Waals surface area contributed by atoms with E-state index in [1.54, 1.807) is 36.7 Å². The van der Waals surface area contributed by atoms with E-state index < -0.39 is 22.9 Å². The Bertz CT molecular complexity index is 997. The van der Waals surface area contributed by atoms with Crippen molar-refractivity contribution in [2.75, 3.05) is 11.9 Å². The van der Waals surface area contributed by atoms with Crippen LogP contribution in [0, 0.1) is 0 Å². The summed E-state index contributed by atoms with van der Waals surface area (Å²) in [6.07, 6.45) is -0.885. The highest BCUT2D eigenvalue weighted by Gasteiger charge is 2.34. The van der Waals surface area contributed by atoms with E-state index in [0.717, 1.165) is 28.2 Å². The van der Waals surface area contributed by atoms with Crippen molar-refractivity contribution in [3.63, 3.8) is 0 Å². The maximum atomic E-state index is 13.0. The average Bonchev–Trinajstić information content (AvgIpc) is 2.68. The molecule has 144 valence electrons. The van der Waals surface area contributed by atoms with Crippen LogP contribution in [0.1, 0.15) is 5.56 Å². The molecule has 2 aromatic carbocycles. The summed E-state index contributed by atoms with van der Waals surface area (Å²) in [7, 11) is 1.31. The number of hydrogen-bond acceptors (Lipinski definition) is 4. The average molecular weight is 408 g/mol. The molecule has 0 saturated carbocycles. The molecule has 0 aliphatic rings. The minimum absolute atomic E-state index is 0.00524. The van der Waals surface area contributed by atoms with E-state index in [9.17, 15) is 18.0 Å². The lowest BCUT2D eigenvalue weighted by molar-refractivity contribution is -0.137. The van der Waals surface area contributed by atoms with Gasteiger partial charge in [-0.05, 0) is 35.9 Å². The van der Waals surface area contributed by atoms with Crippen LogP contribution in [0.5, 0.6) is 5.75 Å². The number of anilines is 1. The summed E-state index contributed by atoms with van der Waals surface area (Å²) in [6, 6.07) is 9.80. The van der Waals surface area contributed by atoms with Gasteiger partial charge in [0.05, 0.1) is 10.6 Å². The second-order valence-electron chi connectivity index (χ2n) is 5.74. The number of halogens is 4. The van der Waals surface area contributed by atoms with Gasteiger partial charge in [0, 0.05) is 30.7 Å². The molecular weight excluding hydrogens is 395 g/mol. The molecule has 0 aliphatic carbocycles. The van der Waals surface area contributed by atoms with Gasteiger partial charge >= 0.3 is 12.3 Å². The fourth-order valence-electron chi connectivity index (χ4n) is 2.40. The van der Waals surface area contributed by atoms with Gasteiger partial charge in [-0.25, -0.2) is 14.8 Å². The van der Waals surface area contributed by atoms with Gasteiger partial charge in [0.1, 0.15) is 12.1 Å². The van der Waals surface area contributed by atoms with Crippen molar-refractivity contribution < 1.29 is 22.7 Å². The Hall–Kier alpha value is -3.13. The van der Waals surface area contributed by atoms with Crippen molar-refractivity contribution in [1.82, 2.24) is 9.97 Å². The normalized spacial score (nSPS) is 11.2. The molecule has 0 fully saturated rings. The zero-order chi connectivity index (χ0) is 20.3. The number of rotatable bonds is 3. The number of carbonyl (C=O) groups is 1. The number of amides is 1. The third-order valence-electron chi connectivity index (χ3n) is 3.85. The molecule has 0 bridgehead atoms. The van der Waals surface area contributed by atoms with E-state index in [1.165, 1.54) is 19.4 Å². The lowest BCUT2D eigenvalue weighted by Gasteiger charge is -2.19. The lowest BCUT2D eigenvalue weighted by atomic mass is 10.1. The molecule has 9 heteroatoms. The molecule has 0 N–H and O–H groups in total. The van der Waals surface area contributed by atoms with Crippen LogP contribution in [0.2, 0.25) is 5.02 Å². The number of hydrogen-bond donors (Lipinski definition) is 0. The summed E-state index contributed by atoms with van der Waals surface area (Å²) in [5.41, 5.74) is 0.410. The van der Waals surface area contributed by atoms with Gasteiger partial charge < -0.3 is 4.74 Å². The summed E-state index contributed by atoms with van der Waals surface area (Å²) < 4.78 is 44.3. The fourth-order valence-corrected chi connectivity index (χ4v) is 2.63. The zero-order valence-corrected chi connectivity index (χ0v) is 15.2. The van der Waals surface area contributed by atoms with E-state index >= 15 is 0 Å². The molecule has 1 amide bonds. The van der Waals surface area contributed by atoms with E-state index in [1.807, 2.05) is 0 Å². The van der Waals surface area contributed by atoms with Gasteiger partial charge in [-0.3, -0.25) is 4.90 Å². The van der Waals surface area contributed by atoms with Crippen molar-refractivity contribution in [3.05, 3.63) is 71.8 Å². The Morgan fingerprint density at radius 1 is 1.07 bits per heavy atom. The molecule has 28 heavy (non-hydrogen) atoms. The molecule has 0 saturated heterocycles. The molecule has 0 aliphatic heterocycles. The molecule has 0 atom stereocenters. The number of ether oxygens (including phenoxy) is 1. The summed E-state index contributed by atoms with van der Waals surface area (Å²) >= 11 is 5.61. The summed E-state index contributed by atoms with van der Waals surface area (Å²) in [5, 5.41) is -0.448. The first-order chi connectivity index (χ1) is 13.3. The van der Waals surface area contributed by atoms with Gasteiger partial charge in [0.25, 0.3) is 0 Å². The Morgan fingerprint density at radius 3 is 2.46 bits per heavy atom. The van der Waals surface area contributed by atoms with Gasteiger partial charge in [0.2, 0.25) is 0 Å². The largest absolute Gasteiger partial charge is 0.419 e. The number of aromatic nitrogens is 2. The van der Waals surface area contributed by atoms with Crippen LogP contribution in [0.15, 0.2) is 61.2 Å². The molecule has 0 radical (unpaired) electrons. The first-order valence-electron chi connectivity index (χ1n) is 7.93. The van der Waals surface area contributed by atoms with Crippen molar-refractivity contribution in [2.24, 2.45) is 0 Å². The van der Waals surface area contributed by atoms with Gasteiger partial charge in [0.15, 0.2) is 0 Å². The van der Waals surface area contributed by atoms with Crippen LogP contribution in [0.25, 0.3) is 11.1 Å². The summed E-state index contributed by atoms with van der Waals surface area (Å²) in [4.78, 5) is 21.2. The third-order valence-corrected chi connectivity index (χ3v) is 4.18.